The largest absolute Gasteiger partial charge is 0.325 e. The second-order valence-corrected chi connectivity index (χ2v) is 13.9. The zero-order valence-corrected chi connectivity index (χ0v) is 24.8. The van der Waals surface area contributed by atoms with Gasteiger partial charge in [0, 0.05) is 29.4 Å². The van der Waals surface area contributed by atoms with Crippen LogP contribution in [0, 0.1) is 6.92 Å². The summed E-state index contributed by atoms with van der Waals surface area (Å²) >= 11 is 3.01. The van der Waals surface area contributed by atoms with Gasteiger partial charge in [-0.05, 0) is 75.2 Å². The standard InChI is InChI=1S/C29H31N5O3S3/c1-21-10-14-25(15-11-21)38-20-27-31-32-29(34(27)24-8-4-3-5-9-24)39-22(2)28(35)30-23-12-16-26(17-13-23)40(36,37)33-18-6-7-19-33/h3-5,8-17,22H,6-7,18-20H2,1-2H3,(H,30,35). The zero-order chi connectivity index (χ0) is 28.1. The van der Waals surface area contributed by atoms with Gasteiger partial charge in [0.05, 0.1) is 15.9 Å². The van der Waals surface area contributed by atoms with E-state index >= 15 is 0 Å². The van der Waals surface area contributed by atoms with E-state index in [0.717, 1.165) is 29.2 Å². The van der Waals surface area contributed by atoms with Crippen LogP contribution in [0.5, 0.6) is 0 Å². The van der Waals surface area contributed by atoms with Crippen LogP contribution in [-0.4, -0.2) is 51.7 Å². The Morgan fingerprint density at radius 2 is 1.62 bits per heavy atom. The quantitative estimate of drug-likeness (QED) is 0.233. The number of hydrogen-bond donors (Lipinski definition) is 1. The Bertz CT molecular complexity index is 1550. The van der Waals surface area contributed by atoms with Crippen LogP contribution < -0.4 is 5.32 Å². The lowest BCUT2D eigenvalue weighted by atomic mass is 10.2. The van der Waals surface area contributed by atoms with Gasteiger partial charge in [0.15, 0.2) is 5.16 Å². The third-order valence-corrected chi connectivity index (χ3v) is 10.5. The van der Waals surface area contributed by atoms with Crippen LogP contribution in [0.1, 0.15) is 31.2 Å². The topological polar surface area (TPSA) is 97.2 Å². The van der Waals surface area contributed by atoms with Crippen molar-refractivity contribution in [2.45, 2.75) is 52.6 Å². The van der Waals surface area contributed by atoms with Crippen LogP contribution in [0.3, 0.4) is 0 Å². The molecule has 11 heteroatoms. The number of nitrogens with zero attached hydrogens (tertiary/aromatic N) is 4. The van der Waals surface area contributed by atoms with Gasteiger partial charge in [-0.2, -0.15) is 4.31 Å². The fraction of sp³-hybridized carbons (Fsp3) is 0.276. The molecule has 5 rings (SSSR count). The number of benzene rings is 3. The Balaban J connectivity index is 1.28. The van der Waals surface area contributed by atoms with E-state index in [1.54, 1.807) is 36.0 Å². The lowest BCUT2D eigenvalue weighted by molar-refractivity contribution is -0.115. The number of hydrogen-bond acceptors (Lipinski definition) is 7. The predicted octanol–water partition coefficient (Wildman–Crippen LogP) is 5.77. The minimum absolute atomic E-state index is 0.210. The molecular formula is C29H31N5O3S3. The van der Waals surface area contributed by atoms with Crippen LogP contribution in [-0.2, 0) is 20.6 Å². The number of thioether (sulfide) groups is 2. The van der Waals surface area contributed by atoms with Crippen molar-refractivity contribution in [2.24, 2.45) is 0 Å². The number of aryl methyl sites for hydroxylation is 1. The number of carbonyl (C=O) groups excluding carboxylic acids is 1. The Morgan fingerprint density at radius 1 is 0.950 bits per heavy atom. The summed E-state index contributed by atoms with van der Waals surface area (Å²) in [5.74, 6) is 1.21. The van der Waals surface area contributed by atoms with E-state index < -0.39 is 15.3 Å². The maximum Gasteiger partial charge on any atom is 0.243 e. The molecule has 0 spiro atoms. The van der Waals surface area contributed by atoms with Crippen molar-refractivity contribution >= 4 is 45.1 Å². The number of carbonyl (C=O) groups is 1. The van der Waals surface area contributed by atoms with E-state index in [9.17, 15) is 13.2 Å². The van der Waals surface area contributed by atoms with Gasteiger partial charge in [0.25, 0.3) is 0 Å². The third kappa shape index (κ3) is 6.60. The average molecular weight is 594 g/mol. The van der Waals surface area contributed by atoms with Crippen molar-refractivity contribution in [3.63, 3.8) is 0 Å². The first kappa shape index (κ1) is 28.4. The van der Waals surface area contributed by atoms with Crippen molar-refractivity contribution in [1.29, 1.82) is 0 Å². The van der Waals surface area contributed by atoms with Gasteiger partial charge < -0.3 is 5.32 Å². The zero-order valence-electron chi connectivity index (χ0n) is 22.4. The highest BCUT2D eigenvalue weighted by atomic mass is 32.2. The summed E-state index contributed by atoms with van der Waals surface area (Å²) in [4.78, 5) is 14.5. The van der Waals surface area contributed by atoms with E-state index in [-0.39, 0.29) is 10.8 Å². The summed E-state index contributed by atoms with van der Waals surface area (Å²) in [6.07, 6.45) is 1.77. The molecule has 40 heavy (non-hydrogen) atoms. The molecule has 2 heterocycles. The summed E-state index contributed by atoms with van der Waals surface area (Å²) in [6, 6.07) is 24.6. The highest BCUT2D eigenvalue weighted by Crippen LogP contribution is 2.30. The Hall–Kier alpha value is -3.12. The molecule has 1 N–H and O–H groups in total. The SMILES string of the molecule is Cc1ccc(SCc2nnc(SC(C)C(=O)Nc3ccc(S(=O)(=O)N4CCCC4)cc3)n2-c2ccccc2)cc1. The number of sulfonamides is 1. The molecular weight excluding hydrogens is 563 g/mol. The molecule has 0 saturated carbocycles. The van der Waals surface area contributed by atoms with Gasteiger partial charge in [-0.1, -0.05) is 47.7 Å². The lowest BCUT2D eigenvalue weighted by Gasteiger charge is -2.16. The summed E-state index contributed by atoms with van der Waals surface area (Å²) in [5.41, 5.74) is 2.68. The number of nitrogens with one attached hydrogen (secondary N) is 1. The van der Waals surface area contributed by atoms with Crippen molar-refractivity contribution in [3.05, 3.63) is 90.3 Å². The minimum atomic E-state index is -3.50. The average Bonchev–Trinajstić information content (AvgIpc) is 3.65. The number of anilines is 1. The molecule has 1 atom stereocenters. The van der Waals surface area contributed by atoms with Crippen LogP contribution in [0.4, 0.5) is 5.69 Å². The summed E-state index contributed by atoms with van der Waals surface area (Å²) in [6.45, 7) is 4.98. The predicted molar refractivity (Wildman–Crippen MR) is 160 cm³/mol. The molecule has 0 bridgehead atoms. The number of para-hydroxylation sites is 1. The van der Waals surface area contributed by atoms with Crippen LogP contribution >= 0.6 is 23.5 Å². The third-order valence-electron chi connectivity index (χ3n) is 6.58. The molecule has 1 saturated heterocycles. The molecule has 1 aromatic heterocycles. The van der Waals surface area contributed by atoms with Crippen molar-refractivity contribution in [3.8, 4) is 5.69 Å². The van der Waals surface area contributed by atoms with Gasteiger partial charge in [-0.25, -0.2) is 8.42 Å². The first-order valence-electron chi connectivity index (χ1n) is 13.1. The monoisotopic (exact) mass is 593 g/mol. The summed E-state index contributed by atoms with van der Waals surface area (Å²) in [7, 11) is -3.50. The van der Waals surface area contributed by atoms with Crippen LogP contribution in [0.15, 0.2) is 93.8 Å². The molecule has 3 aromatic carbocycles. The first-order chi connectivity index (χ1) is 19.3. The smallest absolute Gasteiger partial charge is 0.243 e. The number of rotatable bonds is 10. The Morgan fingerprint density at radius 3 is 2.30 bits per heavy atom. The fourth-order valence-electron chi connectivity index (χ4n) is 4.33. The normalized spacial score (nSPS) is 14.8. The van der Waals surface area contributed by atoms with E-state index in [1.165, 1.54) is 21.6 Å². The Labute approximate surface area is 243 Å². The minimum Gasteiger partial charge on any atom is -0.325 e. The van der Waals surface area contributed by atoms with E-state index in [0.29, 0.717) is 29.7 Å². The molecule has 1 unspecified atom stereocenters. The molecule has 0 radical (unpaired) electrons. The maximum absolute atomic E-state index is 13.1. The first-order valence-corrected chi connectivity index (χ1v) is 16.4. The molecule has 1 aliphatic rings. The van der Waals surface area contributed by atoms with E-state index in [1.807, 2.05) is 41.8 Å². The summed E-state index contributed by atoms with van der Waals surface area (Å²) in [5, 5.41) is 11.9. The fourth-order valence-corrected chi connectivity index (χ4v) is 7.55. The van der Waals surface area contributed by atoms with Gasteiger partial charge in [0.1, 0.15) is 5.82 Å². The Kier molecular flexibility index (Phi) is 8.94. The van der Waals surface area contributed by atoms with E-state index in [4.69, 9.17) is 0 Å². The lowest BCUT2D eigenvalue weighted by Crippen LogP contribution is -2.27. The summed E-state index contributed by atoms with van der Waals surface area (Å²) < 4.78 is 29.1. The molecule has 208 valence electrons. The maximum atomic E-state index is 13.1. The van der Waals surface area contributed by atoms with Crippen molar-refractivity contribution in [1.82, 2.24) is 19.1 Å². The molecule has 4 aromatic rings. The van der Waals surface area contributed by atoms with Crippen molar-refractivity contribution in [2.75, 3.05) is 18.4 Å². The number of amides is 1. The van der Waals surface area contributed by atoms with E-state index in [2.05, 4.69) is 46.7 Å². The number of aromatic nitrogens is 3. The molecule has 0 aliphatic carbocycles. The van der Waals surface area contributed by atoms with Gasteiger partial charge in [-0.3, -0.25) is 9.36 Å². The highest BCUT2D eigenvalue weighted by molar-refractivity contribution is 8.00. The highest BCUT2D eigenvalue weighted by Gasteiger charge is 2.27. The second-order valence-electron chi connectivity index (χ2n) is 9.56. The van der Waals surface area contributed by atoms with Crippen LogP contribution in [0.25, 0.3) is 5.69 Å². The molecule has 8 nitrogen and oxygen atoms in total. The van der Waals surface area contributed by atoms with Gasteiger partial charge in [0.2, 0.25) is 15.9 Å². The molecule has 1 fully saturated rings. The molecule has 1 amide bonds. The molecule has 1 aliphatic heterocycles. The second kappa shape index (κ2) is 12.6. The van der Waals surface area contributed by atoms with Crippen molar-refractivity contribution < 1.29 is 13.2 Å². The van der Waals surface area contributed by atoms with Gasteiger partial charge >= 0.3 is 0 Å². The van der Waals surface area contributed by atoms with Gasteiger partial charge in [-0.15, -0.1) is 22.0 Å². The van der Waals surface area contributed by atoms with Crippen LogP contribution in [0.2, 0.25) is 0 Å².